The van der Waals surface area contributed by atoms with Gasteiger partial charge in [-0.25, -0.2) is 4.98 Å². The Hall–Kier alpha value is -0.550. The van der Waals surface area contributed by atoms with Gasteiger partial charge in [-0.2, -0.15) is 0 Å². The molecule has 1 N–H and O–H groups in total. The Morgan fingerprint density at radius 1 is 1.85 bits per heavy atom. The summed E-state index contributed by atoms with van der Waals surface area (Å²) in [5, 5.41) is 10.4. The number of thiazole rings is 1. The standard InChI is InChI=1S/C8H11NO2S2/c1-3-6(7(10)11)13-8-9-5(2)4-12-8/h4,6H,3H2,1-2H3,(H,10,11). The number of rotatable bonds is 4. The van der Waals surface area contributed by atoms with Gasteiger partial charge in [0.2, 0.25) is 0 Å². The fraction of sp³-hybridized carbons (Fsp3) is 0.500. The Kier molecular flexibility index (Phi) is 3.74. The molecule has 0 aliphatic heterocycles. The molecule has 1 heterocycles. The van der Waals surface area contributed by atoms with Gasteiger partial charge in [0.25, 0.3) is 0 Å². The zero-order valence-electron chi connectivity index (χ0n) is 7.48. The van der Waals surface area contributed by atoms with Crippen LogP contribution in [-0.2, 0) is 4.79 Å². The van der Waals surface area contributed by atoms with Gasteiger partial charge in [-0.1, -0.05) is 18.7 Å². The molecule has 72 valence electrons. The molecule has 1 unspecified atom stereocenters. The van der Waals surface area contributed by atoms with E-state index in [-0.39, 0.29) is 5.25 Å². The smallest absolute Gasteiger partial charge is 0.317 e. The molecule has 1 atom stereocenters. The molecule has 13 heavy (non-hydrogen) atoms. The predicted molar refractivity (Wildman–Crippen MR) is 54.4 cm³/mol. The second-order valence-electron chi connectivity index (χ2n) is 2.61. The van der Waals surface area contributed by atoms with E-state index in [1.54, 1.807) is 0 Å². The Morgan fingerprint density at radius 2 is 2.54 bits per heavy atom. The minimum absolute atomic E-state index is 0.370. The average molecular weight is 217 g/mol. The monoisotopic (exact) mass is 217 g/mol. The topological polar surface area (TPSA) is 50.2 Å². The van der Waals surface area contributed by atoms with Crippen molar-refractivity contribution in [2.24, 2.45) is 0 Å². The largest absolute Gasteiger partial charge is 0.480 e. The van der Waals surface area contributed by atoms with Crippen LogP contribution in [0.5, 0.6) is 0 Å². The van der Waals surface area contributed by atoms with Gasteiger partial charge in [0.15, 0.2) is 4.34 Å². The van der Waals surface area contributed by atoms with Crippen LogP contribution in [0.4, 0.5) is 0 Å². The van der Waals surface area contributed by atoms with Crippen LogP contribution in [0.2, 0.25) is 0 Å². The van der Waals surface area contributed by atoms with E-state index in [1.165, 1.54) is 23.1 Å². The molecular formula is C8H11NO2S2. The van der Waals surface area contributed by atoms with Crippen molar-refractivity contribution in [2.45, 2.75) is 29.9 Å². The molecule has 1 rings (SSSR count). The molecule has 1 aromatic heterocycles. The summed E-state index contributed by atoms with van der Waals surface area (Å²) in [5.74, 6) is -0.764. The molecule has 0 bridgehead atoms. The first-order valence-corrected chi connectivity index (χ1v) is 5.71. The number of carbonyl (C=O) groups is 1. The summed E-state index contributed by atoms with van der Waals surface area (Å²) in [6, 6.07) is 0. The first-order valence-electron chi connectivity index (χ1n) is 3.95. The third kappa shape index (κ3) is 3.00. The molecule has 0 aliphatic rings. The number of nitrogens with zero attached hydrogens (tertiary/aromatic N) is 1. The van der Waals surface area contributed by atoms with Gasteiger partial charge in [0, 0.05) is 11.1 Å². The molecular weight excluding hydrogens is 206 g/mol. The molecule has 0 amide bonds. The van der Waals surface area contributed by atoms with Crippen LogP contribution in [-0.4, -0.2) is 21.3 Å². The van der Waals surface area contributed by atoms with Crippen LogP contribution < -0.4 is 0 Å². The Morgan fingerprint density at radius 3 is 2.92 bits per heavy atom. The van der Waals surface area contributed by atoms with E-state index in [0.29, 0.717) is 6.42 Å². The zero-order chi connectivity index (χ0) is 9.84. The molecule has 5 heteroatoms. The maximum atomic E-state index is 10.7. The number of carboxylic acid groups (broad SMARTS) is 1. The fourth-order valence-corrected chi connectivity index (χ4v) is 2.76. The van der Waals surface area contributed by atoms with Crippen molar-refractivity contribution in [3.05, 3.63) is 11.1 Å². The molecule has 1 aromatic rings. The highest BCUT2D eigenvalue weighted by Crippen LogP contribution is 2.28. The van der Waals surface area contributed by atoms with Gasteiger partial charge in [-0.3, -0.25) is 4.79 Å². The van der Waals surface area contributed by atoms with Crippen LogP contribution in [0.25, 0.3) is 0 Å². The first kappa shape index (κ1) is 10.5. The molecule has 0 saturated carbocycles. The second-order valence-corrected chi connectivity index (χ2v) is 4.92. The van der Waals surface area contributed by atoms with Crippen molar-refractivity contribution in [3.63, 3.8) is 0 Å². The average Bonchev–Trinajstić information content (AvgIpc) is 2.46. The molecule has 3 nitrogen and oxygen atoms in total. The normalized spacial score (nSPS) is 12.8. The van der Waals surface area contributed by atoms with Crippen LogP contribution in [0.1, 0.15) is 19.0 Å². The van der Waals surface area contributed by atoms with E-state index in [9.17, 15) is 4.79 Å². The lowest BCUT2D eigenvalue weighted by molar-refractivity contribution is -0.136. The van der Waals surface area contributed by atoms with E-state index >= 15 is 0 Å². The molecule has 0 aromatic carbocycles. The number of hydrogen-bond acceptors (Lipinski definition) is 4. The first-order chi connectivity index (χ1) is 6.13. The molecule has 0 radical (unpaired) electrons. The Labute approximate surface area is 85.2 Å². The summed E-state index contributed by atoms with van der Waals surface area (Å²) in [7, 11) is 0. The summed E-state index contributed by atoms with van der Waals surface area (Å²) < 4.78 is 0.840. The van der Waals surface area contributed by atoms with Crippen molar-refractivity contribution >= 4 is 29.1 Å². The summed E-state index contributed by atoms with van der Waals surface area (Å²) in [5.41, 5.74) is 0.952. The van der Waals surface area contributed by atoms with E-state index in [2.05, 4.69) is 4.98 Å². The third-order valence-electron chi connectivity index (χ3n) is 1.49. The summed E-state index contributed by atoms with van der Waals surface area (Å²) >= 11 is 2.82. The number of aryl methyl sites for hydroxylation is 1. The molecule has 0 saturated heterocycles. The highest BCUT2D eigenvalue weighted by atomic mass is 32.2. The highest BCUT2D eigenvalue weighted by Gasteiger charge is 2.17. The quantitative estimate of drug-likeness (QED) is 0.787. The van der Waals surface area contributed by atoms with Crippen LogP contribution in [0.3, 0.4) is 0 Å². The Balaban J connectivity index is 2.61. The molecule has 0 aliphatic carbocycles. The van der Waals surface area contributed by atoms with Crippen molar-refractivity contribution in [1.82, 2.24) is 4.98 Å². The van der Waals surface area contributed by atoms with Gasteiger partial charge in [-0.15, -0.1) is 11.3 Å². The minimum atomic E-state index is -0.764. The van der Waals surface area contributed by atoms with Crippen molar-refractivity contribution in [3.8, 4) is 0 Å². The third-order valence-corrected chi connectivity index (χ3v) is 3.93. The Bertz CT molecular complexity index is 298. The van der Waals surface area contributed by atoms with Gasteiger partial charge in [0.05, 0.1) is 0 Å². The van der Waals surface area contributed by atoms with Crippen LogP contribution >= 0.6 is 23.1 Å². The summed E-state index contributed by atoms with van der Waals surface area (Å²) in [4.78, 5) is 14.9. The number of aliphatic carboxylic acids is 1. The van der Waals surface area contributed by atoms with Gasteiger partial charge in [0.1, 0.15) is 5.25 Å². The van der Waals surface area contributed by atoms with Crippen LogP contribution in [0.15, 0.2) is 9.72 Å². The number of thioether (sulfide) groups is 1. The zero-order valence-corrected chi connectivity index (χ0v) is 9.11. The molecule has 0 spiro atoms. The van der Waals surface area contributed by atoms with E-state index < -0.39 is 5.97 Å². The maximum absolute atomic E-state index is 10.7. The van der Waals surface area contributed by atoms with Gasteiger partial charge < -0.3 is 5.11 Å². The van der Waals surface area contributed by atoms with E-state index in [0.717, 1.165) is 10.0 Å². The SMILES string of the molecule is CCC(Sc1nc(C)cs1)C(=O)O. The number of aromatic nitrogens is 1. The van der Waals surface area contributed by atoms with E-state index in [1.807, 2.05) is 19.2 Å². The van der Waals surface area contributed by atoms with Crippen molar-refractivity contribution in [2.75, 3.05) is 0 Å². The summed E-state index contributed by atoms with van der Waals surface area (Å²) in [6.07, 6.45) is 0.624. The van der Waals surface area contributed by atoms with Crippen molar-refractivity contribution in [1.29, 1.82) is 0 Å². The highest BCUT2D eigenvalue weighted by molar-refractivity contribution is 8.02. The van der Waals surface area contributed by atoms with Crippen LogP contribution in [0, 0.1) is 6.92 Å². The lowest BCUT2D eigenvalue weighted by atomic mass is 10.3. The van der Waals surface area contributed by atoms with Crippen molar-refractivity contribution < 1.29 is 9.90 Å². The van der Waals surface area contributed by atoms with E-state index in [4.69, 9.17) is 5.11 Å². The number of hydrogen-bond donors (Lipinski definition) is 1. The fourth-order valence-electron chi connectivity index (χ4n) is 0.817. The van der Waals surface area contributed by atoms with Gasteiger partial charge >= 0.3 is 5.97 Å². The lowest BCUT2D eigenvalue weighted by Crippen LogP contribution is -2.14. The summed E-state index contributed by atoms with van der Waals surface area (Å²) in [6.45, 7) is 3.77. The van der Waals surface area contributed by atoms with Gasteiger partial charge in [-0.05, 0) is 13.3 Å². The minimum Gasteiger partial charge on any atom is -0.480 e. The molecule has 0 fully saturated rings. The maximum Gasteiger partial charge on any atom is 0.317 e. The second kappa shape index (κ2) is 4.62. The predicted octanol–water partition coefficient (Wildman–Crippen LogP) is 2.41. The lowest BCUT2D eigenvalue weighted by Gasteiger charge is -2.05. The number of carboxylic acids is 1.